The number of anilines is 1. The van der Waals surface area contributed by atoms with Crippen molar-refractivity contribution >= 4 is 17.6 Å². The summed E-state index contributed by atoms with van der Waals surface area (Å²) < 4.78 is 32.0. The Morgan fingerprint density at radius 2 is 1.77 bits per heavy atom. The van der Waals surface area contributed by atoms with Crippen LogP contribution in [0.1, 0.15) is 11.6 Å². The van der Waals surface area contributed by atoms with Crippen LogP contribution in [-0.4, -0.2) is 52.7 Å². The molecule has 0 aliphatic carbocycles. The van der Waals surface area contributed by atoms with E-state index in [2.05, 4.69) is 0 Å². The van der Waals surface area contributed by atoms with Gasteiger partial charge in [-0.3, -0.25) is 9.69 Å². The standard InChI is InChI=1S/C21H21NO8/c1-25-14-6-4-12(8-16(14)26-2)19-20(21(24)27-3)28-10-18(23)22(19)13-5-7-15-17(9-13)30-11-29-15/h4-9,19-20H,10-11H2,1-3H3/t19-,20+/m1/s1. The van der Waals surface area contributed by atoms with E-state index in [1.165, 1.54) is 26.2 Å². The van der Waals surface area contributed by atoms with Gasteiger partial charge in [0.1, 0.15) is 6.61 Å². The maximum absolute atomic E-state index is 12.9. The fourth-order valence-electron chi connectivity index (χ4n) is 3.63. The van der Waals surface area contributed by atoms with E-state index in [9.17, 15) is 9.59 Å². The van der Waals surface area contributed by atoms with Gasteiger partial charge in [-0.15, -0.1) is 0 Å². The minimum Gasteiger partial charge on any atom is -0.493 e. The second-order valence-electron chi connectivity index (χ2n) is 6.62. The predicted molar refractivity (Wildman–Crippen MR) is 104 cm³/mol. The Bertz CT molecular complexity index is 975. The Labute approximate surface area is 173 Å². The van der Waals surface area contributed by atoms with Gasteiger partial charge >= 0.3 is 5.97 Å². The van der Waals surface area contributed by atoms with Gasteiger partial charge in [0.2, 0.25) is 6.79 Å². The van der Waals surface area contributed by atoms with Crippen molar-refractivity contribution < 1.29 is 38.0 Å². The Balaban J connectivity index is 1.83. The van der Waals surface area contributed by atoms with Gasteiger partial charge < -0.3 is 28.4 Å². The van der Waals surface area contributed by atoms with Gasteiger partial charge in [-0.25, -0.2) is 4.79 Å². The number of fused-ring (bicyclic) bond motifs is 1. The van der Waals surface area contributed by atoms with Crippen molar-refractivity contribution in [3.05, 3.63) is 42.0 Å². The SMILES string of the molecule is COC(=O)[C@H]1OCC(=O)N(c2ccc3c(c2)OCO3)[C@@H]1c1ccc(OC)c(OC)c1. The summed E-state index contributed by atoms with van der Waals surface area (Å²) in [4.78, 5) is 27.0. The van der Waals surface area contributed by atoms with Crippen molar-refractivity contribution in [3.8, 4) is 23.0 Å². The molecule has 0 spiro atoms. The zero-order valence-corrected chi connectivity index (χ0v) is 16.7. The topological polar surface area (TPSA) is 92.8 Å². The number of methoxy groups -OCH3 is 3. The van der Waals surface area contributed by atoms with Crippen molar-refractivity contribution in [2.45, 2.75) is 12.1 Å². The Morgan fingerprint density at radius 3 is 2.50 bits per heavy atom. The van der Waals surface area contributed by atoms with Crippen LogP contribution in [0.25, 0.3) is 0 Å². The number of hydrogen-bond acceptors (Lipinski definition) is 8. The molecule has 2 atom stereocenters. The first-order valence-electron chi connectivity index (χ1n) is 9.20. The lowest BCUT2D eigenvalue weighted by Gasteiger charge is -2.40. The summed E-state index contributed by atoms with van der Waals surface area (Å²) in [6.45, 7) is -0.155. The third kappa shape index (κ3) is 3.37. The third-order valence-corrected chi connectivity index (χ3v) is 5.04. The Kier molecular flexibility index (Phi) is 5.37. The number of morpholine rings is 1. The van der Waals surface area contributed by atoms with E-state index in [1.807, 2.05) is 0 Å². The number of benzene rings is 2. The number of rotatable bonds is 5. The van der Waals surface area contributed by atoms with E-state index in [0.29, 0.717) is 34.2 Å². The van der Waals surface area contributed by atoms with Crippen molar-refractivity contribution in [3.63, 3.8) is 0 Å². The maximum Gasteiger partial charge on any atom is 0.337 e. The number of ether oxygens (including phenoxy) is 6. The zero-order chi connectivity index (χ0) is 21.3. The van der Waals surface area contributed by atoms with Crippen LogP contribution in [-0.2, 0) is 19.1 Å². The Hall–Kier alpha value is -3.46. The molecule has 1 saturated heterocycles. The van der Waals surface area contributed by atoms with Crippen LogP contribution in [0.5, 0.6) is 23.0 Å². The van der Waals surface area contributed by atoms with Crippen molar-refractivity contribution in [1.29, 1.82) is 0 Å². The first-order chi connectivity index (χ1) is 14.6. The normalized spacial score (nSPS) is 20.1. The highest BCUT2D eigenvalue weighted by atomic mass is 16.7. The number of amides is 1. The third-order valence-electron chi connectivity index (χ3n) is 5.04. The molecule has 0 N–H and O–H groups in total. The summed E-state index contributed by atoms with van der Waals surface area (Å²) in [7, 11) is 4.32. The molecule has 9 nitrogen and oxygen atoms in total. The highest BCUT2D eigenvalue weighted by Gasteiger charge is 2.44. The van der Waals surface area contributed by atoms with Gasteiger partial charge in [0.05, 0.1) is 27.4 Å². The lowest BCUT2D eigenvalue weighted by molar-refractivity contribution is -0.161. The molecule has 2 aliphatic heterocycles. The summed E-state index contributed by atoms with van der Waals surface area (Å²) in [6, 6.07) is 9.54. The second kappa shape index (κ2) is 8.11. The molecule has 2 aromatic carbocycles. The largest absolute Gasteiger partial charge is 0.493 e. The fourth-order valence-corrected chi connectivity index (χ4v) is 3.63. The Morgan fingerprint density at radius 1 is 1.00 bits per heavy atom. The van der Waals surface area contributed by atoms with Gasteiger partial charge in [0, 0.05) is 11.8 Å². The van der Waals surface area contributed by atoms with Crippen molar-refractivity contribution in [2.75, 3.05) is 39.6 Å². The van der Waals surface area contributed by atoms with Gasteiger partial charge in [-0.2, -0.15) is 0 Å². The summed E-state index contributed by atoms with van der Waals surface area (Å²) in [5.41, 5.74) is 1.16. The maximum atomic E-state index is 12.9. The average Bonchev–Trinajstić information content (AvgIpc) is 3.25. The molecule has 2 heterocycles. The minimum atomic E-state index is -1.03. The summed E-state index contributed by atoms with van der Waals surface area (Å²) in [6.07, 6.45) is -1.03. The van der Waals surface area contributed by atoms with Gasteiger partial charge in [0.25, 0.3) is 5.91 Å². The summed E-state index contributed by atoms with van der Waals surface area (Å²) in [5, 5.41) is 0. The van der Waals surface area contributed by atoms with Crippen molar-refractivity contribution in [2.24, 2.45) is 0 Å². The number of hydrogen-bond donors (Lipinski definition) is 0. The molecular weight excluding hydrogens is 394 g/mol. The number of nitrogens with zero attached hydrogens (tertiary/aromatic N) is 1. The smallest absolute Gasteiger partial charge is 0.337 e. The summed E-state index contributed by atoms with van der Waals surface area (Å²) >= 11 is 0. The molecule has 2 aromatic rings. The van der Waals surface area contributed by atoms with E-state index in [-0.39, 0.29) is 19.3 Å². The van der Waals surface area contributed by atoms with E-state index in [1.54, 1.807) is 36.4 Å². The quantitative estimate of drug-likeness (QED) is 0.686. The second-order valence-corrected chi connectivity index (χ2v) is 6.62. The number of carbonyl (C=O) groups excluding carboxylic acids is 2. The molecule has 0 bridgehead atoms. The highest BCUT2D eigenvalue weighted by Crippen LogP contribution is 2.42. The molecule has 1 amide bonds. The van der Waals surface area contributed by atoms with Gasteiger partial charge in [0.15, 0.2) is 29.1 Å². The van der Waals surface area contributed by atoms with Crippen LogP contribution in [0.15, 0.2) is 36.4 Å². The first-order valence-corrected chi connectivity index (χ1v) is 9.20. The molecular formula is C21H21NO8. The van der Waals surface area contributed by atoms with Crippen molar-refractivity contribution in [1.82, 2.24) is 0 Å². The van der Waals surface area contributed by atoms with E-state index < -0.39 is 18.1 Å². The molecule has 30 heavy (non-hydrogen) atoms. The lowest BCUT2D eigenvalue weighted by Crippen LogP contribution is -2.52. The molecule has 4 rings (SSSR count). The molecule has 9 heteroatoms. The van der Waals surface area contributed by atoms with E-state index in [0.717, 1.165) is 0 Å². The van der Waals surface area contributed by atoms with Crippen LogP contribution < -0.4 is 23.8 Å². The van der Waals surface area contributed by atoms with Gasteiger partial charge in [-0.05, 0) is 29.8 Å². The molecule has 158 valence electrons. The first kappa shape index (κ1) is 19.8. The average molecular weight is 415 g/mol. The van der Waals surface area contributed by atoms with E-state index in [4.69, 9.17) is 28.4 Å². The van der Waals surface area contributed by atoms with E-state index >= 15 is 0 Å². The van der Waals surface area contributed by atoms with Crippen LogP contribution >= 0.6 is 0 Å². The van der Waals surface area contributed by atoms with Crippen LogP contribution in [0.3, 0.4) is 0 Å². The monoisotopic (exact) mass is 415 g/mol. The van der Waals surface area contributed by atoms with Crippen LogP contribution in [0, 0.1) is 0 Å². The summed E-state index contributed by atoms with van der Waals surface area (Å²) in [5.74, 6) is 1.19. The predicted octanol–water partition coefficient (Wildman–Crippen LogP) is 2.08. The number of esters is 1. The number of carbonyl (C=O) groups is 2. The highest BCUT2D eigenvalue weighted by molar-refractivity contribution is 5.98. The molecule has 1 fully saturated rings. The fraction of sp³-hybridized carbons (Fsp3) is 0.333. The molecule has 0 saturated carbocycles. The van der Waals surface area contributed by atoms with Crippen LogP contribution in [0.4, 0.5) is 5.69 Å². The lowest BCUT2D eigenvalue weighted by atomic mass is 9.96. The molecule has 0 unspecified atom stereocenters. The van der Waals surface area contributed by atoms with Crippen LogP contribution in [0.2, 0.25) is 0 Å². The molecule has 0 aromatic heterocycles. The minimum absolute atomic E-state index is 0.111. The zero-order valence-electron chi connectivity index (χ0n) is 16.7. The van der Waals surface area contributed by atoms with Gasteiger partial charge in [-0.1, -0.05) is 6.07 Å². The molecule has 2 aliphatic rings. The molecule has 0 radical (unpaired) electrons.